The molecule has 0 aromatic heterocycles. The summed E-state index contributed by atoms with van der Waals surface area (Å²) in [5.74, 6) is -0.354. The Kier molecular flexibility index (Phi) is 5.84. The predicted molar refractivity (Wildman–Crippen MR) is 125 cm³/mol. The van der Waals surface area contributed by atoms with Gasteiger partial charge in [0, 0.05) is 61.6 Å². The lowest BCUT2D eigenvalue weighted by Gasteiger charge is -2.43. The van der Waals surface area contributed by atoms with Gasteiger partial charge in [-0.2, -0.15) is 5.10 Å². The molecule has 178 valence electrons. The highest BCUT2D eigenvalue weighted by Gasteiger charge is 2.49. The molecular formula is C23H29BrFN5O3. The number of hydrogen-bond donors (Lipinski definition) is 2. The maximum Gasteiger partial charge on any atom is 0.428 e. The van der Waals surface area contributed by atoms with Gasteiger partial charge in [-0.05, 0) is 49.8 Å². The molecule has 1 saturated carbocycles. The number of rotatable bonds is 4. The summed E-state index contributed by atoms with van der Waals surface area (Å²) in [7, 11) is 0. The van der Waals surface area contributed by atoms with Gasteiger partial charge in [0.1, 0.15) is 11.5 Å². The Morgan fingerprint density at radius 2 is 2.03 bits per heavy atom. The van der Waals surface area contributed by atoms with Crippen LogP contribution in [0.2, 0.25) is 0 Å². The lowest BCUT2D eigenvalue weighted by atomic mass is 9.82. The first kappa shape index (κ1) is 22.6. The number of hydrogen-bond acceptors (Lipinski definition) is 5. The second-order valence-electron chi connectivity index (χ2n) is 9.90. The van der Waals surface area contributed by atoms with Gasteiger partial charge < -0.3 is 19.9 Å². The van der Waals surface area contributed by atoms with Gasteiger partial charge in [-0.15, -0.1) is 0 Å². The van der Waals surface area contributed by atoms with Crippen molar-refractivity contribution in [2.45, 2.75) is 50.7 Å². The van der Waals surface area contributed by atoms with Gasteiger partial charge >= 0.3 is 12.1 Å². The number of halogens is 2. The van der Waals surface area contributed by atoms with Crippen molar-refractivity contribution >= 4 is 33.8 Å². The predicted octanol–water partition coefficient (Wildman–Crippen LogP) is 3.45. The molecule has 0 bridgehead atoms. The van der Waals surface area contributed by atoms with Gasteiger partial charge in [0.05, 0.1) is 0 Å². The minimum Gasteiger partial charge on any atom is -0.435 e. The van der Waals surface area contributed by atoms with Crippen molar-refractivity contribution in [3.8, 4) is 0 Å². The second-order valence-corrected chi connectivity index (χ2v) is 10.8. The average molecular weight is 522 g/mol. The third kappa shape index (κ3) is 4.59. The normalized spacial score (nSPS) is 24.3. The summed E-state index contributed by atoms with van der Waals surface area (Å²) in [6.07, 6.45) is 4.19. The highest BCUT2D eigenvalue weighted by molar-refractivity contribution is 9.10. The van der Waals surface area contributed by atoms with E-state index >= 15 is 0 Å². The van der Waals surface area contributed by atoms with Crippen molar-refractivity contribution in [2.75, 3.05) is 32.7 Å². The van der Waals surface area contributed by atoms with E-state index in [-0.39, 0.29) is 17.9 Å². The van der Waals surface area contributed by atoms with E-state index in [4.69, 9.17) is 4.74 Å². The average Bonchev–Trinajstić information content (AvgIpc) is 3.39. The number of nitrogens with zero attached hydrogens (tertiary/aromatic N) is 3. The zero-order valence-electron chi connectivity index (χ0n) is 18.7. The summed E-state index contributed by atoms with van der Waals surface area (Å²) in [5.41, 5.74) is 3.25. The summed E-state index contributed by atoms with van der Waals surface area (Å²) in [6, 6.07) is 4.44. The number of carbonyl (C=O) groups excluding carboxylic acids is 2. The van der Waals surface area contributed by atoms with Crippen LogP contribution in [0.3, 0.4) is 0 Å². The summed E-state index contributed by atoms with van der Waals surface area (Å²) in [5, 5.41) is 7.44. The summed E-state index contributed by atoms with van der Waals surface area (Å²) in [6.45, 7) is 5.87. The van der Waals surface area contributed by atoms with Crippen LogP contribution in [0.15, 0.2) is 27.8 Å². The van der Waals surface area contributed by atoms with E-state index in [1.807, 2.05) is 11.8 Å². The molecule has 10 heteroatoms. The molecule has 2 spiro atoms. The lowest BCUT2D eigenvalue weighted by Crippen LogP contribution is -2.57. The minimum atomic E-state index is -0.861. The van der Waals surface area contributed by atoms with Gasteiger partial charge in [-0.3, -0.25) is 0 Å². The Balaban J connectivity index is 1.20. The molecule has 3 aliphatic heterocycles. The van der Waals surface area contributed by atoms with Crippen LogP contribution in [0, 0.1) is 11.2 Å². The standard InChI is InChI=1S/C23H29BrFN5O3/c1-15(26-20(31)30-11-6-22(14-30)4-5-22)13-29-9-7-23(8-10-29)19(27-28-21(32)33-23)17-3-2-16(25)12-18(17)24/h2-3,12,15H,4-11,13-14H2,1H3,(H,26,31)(H,28,32)/t15-/m0/s1. The molecule has 1 aromatic rings. The topological polar surface area (TPSA) is 86.3 Å². The molecule has 0 unspecified atom stereocenters. The van der Waals surface area contributed by atoms with Crippen LogP contribution in [0.25, 0.3) is 0 Å². The van der Waals surface area contributed by atoms with Crippen molar-refractivity contribution in [3.05, 3.63) is 34.1 Å². The fourth-order valence-corrected chi connectivity index (χ4v) is 5.84. The number of hydrazone groups is 1. The summed E-state index contributed by atoms with van der Waals surface area (Å²) in [4.78, 5) is 28.9. The number of piperidine rings is 1. The van der Waals surface area contributed by atoms with E-state index in [9.17, 15) is 14.0 Å². The van der Waals surface area contributed by atoms with E-state index in [0.29, 0.717) is 47.1 Å². The highest BCUT2D eigenvalue weighted by Crippen LogP contribution is 2.52. The molecule has 1 aliphatic carbocycles. The molecule has 2 N–H and O–H groups in total. The fourth-order valence-electron chi connectivity index (χ4n) is 5.30. The fraction of sp³-hybridized carbons (Fsp3) is 0.609. The van der Waals surface area contributed by atoms with Gasteiger partial charge in [0.2, 0.25) is 0 Å². The maximum absolute atomic E-state index is 13.6. The maximum atomic E-state index is 13.6. The molecule has 8 nitrogen and oxygen atoms in total. The molecule has 1 aromatic carbocycles. The van der Waals surface area contributed by atoms with Crippen LogP contribution in [0.5, 0.6) is 0 Å². The number of benzene rings is 1. The second kappa shape index (κ2) is 8.54. The Bertz CT molecular complexity index is 990. The van der Waals surface area contributed by atoms with Crippen molar-refractivity contribution in [1.82, 2.24) is 20.5 Å². The van der Waals surface area contributed by atoms with Crippen molar-refractivity contribution < 1.29 is 18.7 Å². The first-order valence-electron chi connectivity index (χ1n) is 11.6. The van der Waals surface area contributed by atoms with Gasteiger partial charge in [-0.1, -0.05) is 15.9 Å². The number of urea groups is 1. The Labute approximate surface area is 201 Å². The van der Waals surface area contributed by atoms with Crippen LogP contribution in [0.4, 0.5) is 14.0 Å². The van der Waals surface area contributed by atoms with Gasteiger partial charge in [0.25, 0.3) is 0 Å². The van der Waals surface area contributed by atoms with Gasteiger partial charge in [0.15, 0.2) is 5.60 Å². The molecule has 3 amide bonds. The number of likely N-dealkylation sites (tertiary alicyclic amines) is 2. The van der Waals surface area contributed by atoms with Crippen LogP contribution < -0.4 is 10.7 Å². The molecule has 4 aliphatic rings. The van der Waals surface area contributed by atoms with E-state index < -0.39 is 11.7 Å². The molecule has 1 atom stereocenters. The third-order valence-electron chi connectivity index (χ3n) is 7.41. The number of nitrogens with one attached hydrogen (secondary N) is 2. The highest BCUT2D eigenvalue weighted by atomic mass is 79.9. The molecule has 2 saturated heterocycles. The molecular weight excluding hydrogens is 493 g/mol. The minimum absolute atomic E-state index is 0.0113. The van der Waals surface area contributed by atoms with E-state index in [1.54, 1.807) is 6.07 Å². The van der Waals surface area contributed by atoms with Crippen molar-refractivity contribution in [1.29, 1.82) is 0 Å². The largest absolute Gasteiger partial charge is 0.435 e. The van der Waals surface area contributed by atoms with E-state index in [2.05, 4.69) is 36.7 Å². The number of carbonyl (C=O) groups is 2. The van der Waals surface area contributed by atoms with Crippen LogP contribution >= 0.6 is 15.9 Å². The SMILES string of the molecule is C[C@@H](CN1CCC2(CC1)OC(=O)NN=C2c1ccc(F)cc1Br)NC(=O)N1CCC2(CC2)C1. The number of amides is 3. The Hall–Kier alpha value is -2.20. The molecule has 3 heterocycles. The Morgan fingerprint density at radius 1 is 1.27 bits per heavy atom. The smallest absolute Gasteiger partial charge is 0.428 e. The van der Waals surface area contributed by atoms with Crippen LogP contribution in [-0.2, 0) is 4.74 Å². The summed E-state index contributed by atoms with van der Waals surface area (Å²) < 4.78 is 19.9. The quantitative estimate of drug-likeness (QED) is 0.635. The molecule has 0 radical (unpaired) electrons. The first-order valence-corrected chi connectivity index (χ1v) is 12.4. The zero-order valence-corrected chi connectivity index (χ0v) is 20.3. The number of ether oxygens (including phenoxy) is 1. The third-order valence-corrected chi connectivity index (χ3v) is 8.07. The molecule has 33 heavy (non-hydrogen) atoms. The zero-order chi connectivity index (χ0) is 23.2. The lowest BCUT2D eigenvalue weighted by molar-refractivity contribution is 0.00498. The molecule has 5 rings (SSSR count). The Morgan fingerprint density at radius 3 is 2.70 bits per heavy atom. The van der Waals surface area contributed by atoms with Crippen molar-refractivity contribution in [3.63, 3.8) is 0 Å². The molecule has 3 fully saturated rings. The van der Waals surface area contributed by atoms with Crippen molar-refractivity contribution in [2.24, 2.45) is 10.5 Å². The first-order chi connectivity index (χ1) is 15.8. The van der Waals surface area contributed by atoms with E-state index in [0.717, 1.165) is 26.1 Å². The van der Waals surface area contributed by atoms with E-state index in [1.165, 1.54) is 25.0 Å². The summed E-state index contributed by atoms with van der Waals surface area (Å²) >= 11 is 3.41. The van der Waals surface area contributed by atoms with Gasteiger partial charge in [-0.25, -0.2) is 19.4 Å². The monoisotopic (exact) mass is 521 g/mol. The van der Waals surface area contributed by atoms with Crippen LogP contribution in [-0.4, -0.2) is 72.0 Å². The van der Waals surface area contributed by atoms with Crippen LogP contribution in [0.1, 0.15) is 44.6 Å².